The molecule has 0 aromatic carbocycles. The predicted molar refractivity (Wildman–Crippen MR) is 32.1 cm³/mol. The molecule has 0 aliphatic carbocycles. The Kier molecular flexibility index (Phi) is 1.22. The van der Waals surface area contributed by atoms with Crippen LogP contribution < -0.4 is 5.32 Å². The molecule has 0 amide bonds. The molecule has 0 radical (unpaired) electrons. The van der Waals surface area contributed by atoms with Crippen LogP contribution in [0.4, 0.5) is 0 Å². The van der Waals surface area contributed by atoms with Crippen molar-refractivity contribution in [2.24, 2.45) is 5.92 Å². The van der Waals surface area contributed by atoms with Crippen molar-refractivity contribution in [2.75, 3.05) is 19.8 Å². The molecule has 2 aliphatic rings. The molecule has 3 heteroatoms. The van der Waals surface area contributed by atoms with Crippen LogP contribution in [0.15, 0.2) is 0 Å². The van der Waals surface area contributed by atoms with E-state index in [2.05, 4.69) is 5.32 Å². The van der Waals surface area contributed by atoms with Crippen molar-refractivity contribution in [3.8, 4) is 0 Å². The zero-order valence-electron chi connectivity index (χ0n) is 5.21. The molecule has 2 heterocycles. The number of rotatable bonds is 0. The van der Waals surface area contributed by atoms with E-state index in [1.54, 1.807) is 0 Å². The summed E-state index contributed by atoms with van der Waals surface area (Å²) in [5, 5.41) is 12.5. The van der Waals surface area contributed by atoms with Crippen LogP contribution in [0.25, 0.3) is 0 Å². The first-order valence-corrected chi connectivity index (χ1v) is 3.37. The average Bonchev–Trinajstić information content (AvgIpc) is 2.35. The van der Waals surface area contributed by atoms with Gasteiger partial charge in [-0.25, -0.2) is 0 Å². The van der Waals surface area contributed by atoms with E-state index in [-0.39, 0.29) is 6.10 Å². The van der Waals surface area contributed by atoms with E-state index < -0.39 is 0 Å². The second-order valence-corrected chi connectivity index (χ2v) is 2.78. The molecule has 0 saturated carbocycles. The fraction of sp³-hybridized carbons (Fsp3) is 1.00. The van der Waals surface area contributed by atoms with E-state index >= 15 is 0 Å². The van der Waals surface area contributed by atoms with Gasteiger partial charge in [-0.15, -0.1) is 0 Å². The van der Waals surface area contributed by atoms with Crippen molar-refractivity contribution in [3.05, 3.63) is 0 Å². The van der Waals surface area contributed by atoms with E-state index in [0.29, 0.717) is 12.0 Å². The molecule has 3 atom stereocenters. The zero-order chi connectivity index (χ0) is 6.27. The summed E-state index contributed by atoms with van der Waals surface area (Å²) in [5.41, 5.74) is 0. The number of β-amino-alcohol motifs (C(OH)–C–C–N with tert-alkyl or cyclic N) is 1. The Hall–Kier alpha value is -0.120. The van der Waals surface area contributed by atoms with Crippen LogP contribution in [0.2, 0.25) is 0 Å². The minimum atomic E-state index is -0.169. The summed E-state index contributed by atoms with van der Waals surface area (Å²) in [6, 6.07) is 0.431. The first-order valence-electron chi connectivity index (χ1n) is 3.37. The second-order valence-electron chi connectivity index (χ2n) is 2.78. The van der Waals surface area contributed by atoms with Crippen LogP contribution >= 0.6 is 0 Å². The Morgan fingerprint density at radius 3 is 3.11 bits per heavy atom. The van der Waals surface area contributed by atoms with Gasteiger partial charge in [0.1, 0.15) is 0 Å². The molecule has 9 heavy (non-hydrogen) atoms. The first-order chi connectivity index (χ1) is 4.38. The van der Waals surface area contributed by atoms with Crippen molar-refractivity contribution in [3.63, 3.8) is 0 Å². The Labute approximate surface area is 54.0 Å². The molecule has 2 fully saturated rings. The quantitative estimate of drug-likeness (QED) is 0.439. The van der Waals surface area contributed by atoms with E-state index in [4.69, 9.17) is 4.74 Å². The Balaban J connectivity index is 2.07. The lowest BCUT2D eigenvalue weighted by Gasteiger charge is -2.07. The molecular weight excluding hydrogens is 118 g/mol. The highest BCUT2D eigenvalue weighted by Gasteiger charge is 2.38. The summed E-state index contributed by atoms with van der Waals surface area (Å²) >= 11 is 0. The maximum Gasteiger partial charge on any atom is 0.0730 e. The summed E-state index contributed by atoms with van der Waals surface area (Å²) in [5.74, 6) is 0.366. The Morgan fingerprint density at radius 1 is 1.44 bits per heavy atom. The molecule has 0 aromatic rings. The molecule has 0 aromatic heterocycles. The second kappa shape index (κ2) is 1.94. The topological polar surface area (TPSA) is 41.5 Å². The minimum absolute atomic E-state index is 0.169. The fourth-order valence-corrected chi connectivity index (χ4v) is 1.58. The smallest absolute Gasteiger partial charge is 0.0730 e. The molecule has 0 unspecified atom stereocenters. The molecule has 2 aliphatic heterocycles. The number of aliphatic hydroxyl groups excluding tert-OH is 1. The van der Waals surface area contributed by atoms with Gasteiger partial charge in [0, 0.05) is 18.5 Å². The van der Waals surface area contributed by atoms with Crippen LogP contribution in [0, 0.1) is 5.92 Å². The first kappa shape index (κ1) is 5.65. The summed E-state index contributed by atoms with van der Waals surface area (Å²) in [6.45, 7) is 2.26. The largest absolute Gasteiger partial charge is 0.391 e. The van der Waals surface area contributed by atoms with E-state index in [1.165, 1.54) is 0 Å². The van der Waals surface area contributed by atoms with E-state index in [9.17, 15) is 5.11 Å². The Bertz CT molecular complexity index is 118. The highest BCUT2D eigenvalue weighted by molar-refractivity contribution is 4.93. The van der Waals surface area contributed by atoms with Crippen LogP contribution in [0.3, 0.4) is 0 Å². The van der Waals surface area contributed by atoms with Crippen molar-refractivity contribution in [2.45, 2.75) is 12.1 Å². The average molecular weight is 129 g/mol. The summed E-state index contributed by atoms with van der Waals surface area (Å²) in [4.78, 5) is 0. The SMILES string of the molecule is O[C@@H]1CN[C@@H]2COC[C@H]12. The van der Waals surface area contributed by atoms with Gasteiger partial charge in [-0.05, 0) is 0 Å². The predicted octanol–water partition coefficient (Wildman–Crippen LogP) is -1.03. The molecule has 52 valence electrons. The lowest BCUT2D eigenvalue weighted by molar-refractivity contribution is 0.107. The lowest BCUT2D eigenvalue weighted by Crippen LogP contribution is -2.26. The minimum Gasteiger partial charge on any atom is -0.391 e. The normalized spacial score (nSPS) is 49.7. The summed E-state index contributed by atoms with van der Waals surface area (Å²) < 4.78 is 5.16. The zero-order valence-corrected chi connectivity index (χ0v) is 5.21. The molecule has 0 bridgehead atoms. The maximum absolute atomic E-state index is 9.26. The summed E-state index contributed by atoms with van der Waals surface area (Å²) in [7, 11) is 0. The van der Waals surface area contributed by atoms with Crippen molar-refractivity contribution in [1.29, 1.82) is 0 Å². The highest BCUT2D eigenvalue weighted by atomic mass is 16.5. The standard InChI is InChI=1S/C6H11NO2/c8-6-1-7-5-3-9-2-4(5)6/h4-8H,1-3H2/t4-,5+,6+/m0/s1. The van der Waals surface area contributed by atoms with Gasteiger partial charge >= 0.3 is 0 Å². The highest BCUT2D eigenvalue weighted by Crippen LogP contribution is 2.22. The van der Waals surface area contributed by atoms with Crippen molar-refractivity contribution in [1.82, 2.24) is 5.32 Å². The van der Waals surface area contributed by atoms with Gasteiger partial charge in [0.2, 0.25) is 0 Å². The van der Waals surface area contributed by atoms with Gasteiger partial charge in [-0.3, -0.25) is 0 Å². The van der Waals surface area contributed by atoms with Crippen LogP contribution in [-0.4, -0.2) is 37.0 Å². The molecule has 3 nitrogen and oxygen atoms in total. The van der Waals surface area contributed by atoms with Crippen LogP contribution in [-0.2, 0) is 4.74 Å². The Morgan fingerprint density at radius 2 is 2.33 bits per heavy atom. The molecule has 2 saturated heterocycles. The number of hydrogen-bond acceptors (Lipinski definition) is 3. The number of hydrogen-bond donors (Lipinski definition) is 2. The van der Waals surface area contributed by atoms with Gasteiger partial charge in [-0.1, -0.05) is 0 Å². The monoisotopic (exact) mass is 129 g/mol. The van der Waals surface area contributed by atoms with Crippen LogP contribution in [0.1, 0.15) is 0 Å². The third kappa shape index (κ3) is 0.764. The number of aliphatic hydroxyl groups is 1. The third-order valence-corrected chi connectivity index (χ3v) is 2.21. The van der Waals surface area contributed by atoms with Gasteiger partial charge in [0.15, 0.2) is 0 Å². The number of ether oxygens (including phenoxy) is 1. The van der Waals surface area contributed by atoms with E-state index in [0.717, 1.165) is 19.8 Å². The molecular formula is C6H11NO2. The fourth-order valence-electron chi connectivity index (χ4n) is 1.58. The van der Waals surface area contributed by atoms with Gasteiger partial charge in [0.25, 0.3) is 0 Å². The lowest BCUT2D eigenvalue weighted by atomic mass is 10.0. The summed E-state index contributed by atoms with van der Waals surface area (Å²) in [6.07, 6.45) is -0.169. The molecule has 0 spiro atoms. The molecule has 2 rings (SSSR count). The van der Waals surface area contributed by atoms with Crippen molar-refractivity contribution < 1.29 is 9.84 Å². The third-order valence-electron chi connectivity index (χ3n) is 2.21. The van der Waals surface area contributed by atoms with Gasteiger partial charge < -0.3 is 15.2 Å². The molecule has 2 N–H and O–H groups in total. The van der Waals surface area contributed by atoms with Gasteiger partial charge in [-0.2, -0.15) is 0 Å². The number of nitrogens with one attached hydrogen (secondary N) is 1. The van der Waals surface area contributed by atoms with E-state index in [1.807, 2.05) is 0 Å². The van der Waals surface area contributed by atoms with Crippen molar-refractivity contribution >= 4 is 0 Å². The number of fused-ring (bicyclic) bond motifs is 1. The maximum atomic E-state index is 9.26. The van der Waals surface area contributed by atoms with Gasteiger partial charge in [0.05, 0.1) is 19.3 Å². The van der Waals surface area contributed by atoms with Crippen LogP contribution in [0.5, 0.6) is 0 Å².